The van der Waals surface area contributed by atoms with Crippen LogP contribution in [0.2, 0.25) is 0 Å². The van der Waals surface area contributed by atoms with E-state index in [1.165, 1.54) is 12.1 Å². The Morgan fingerprint density at radius 2 is 1.74 bits per heavy atom. The number of aliphatic hydroxyl groups excluding tert-OH is 2. The molecule has 11 nitrogen and oxygen atoms in total. The number of fused-ring (bicyclic) bond motifs is 3. The smallest absolute Gasteiger partial charge is 0.310 e. The van der Waals surface area contributed by atoms with Crippen molar-refractivity contribution in [1.29, 1.82) is 0 Å². The fourth-order valence-corrected chi connectivity index (χ4v) is 6.07. The number of anilines is 1. The zero-order chi connectivity index (χ0) is 28.4. The lowest BCUT2D eigenvalue weighted by atomic mass is 9.56. The van der Waals surface area contributed by atoms with Crippen LogP contribution in [0.25, 0.3) is 0 Å². The number of ether oxygens (including phenoxy) is 1. The summed E-state index contributed by atoms with van der Waals surface area (Å²) >= 11 is 0. The third-order valence-electron chi connectivity index (χ3n) is 7.93. The molecular formula is C28H26N2O9. The minimum Gasteiger partial charge on any atom is -0.511 e. The second-order valence-electron chi connectivity index (χ2n) is 10.1. The number of aliphatic hydroxyl groups is 3. The van der Waals surface area contributed by atoms with Crippen LogP contribution < -0.4 is 11.5 Å². The Morgan fingerprint density at radius 1 is 1.08 bits per heavy atom. The molecule has 0 unspecified atom stereocenters. The molecule has 0 saturated carbocycles. The normalized spacial score (nSPS) is 27.9. The molecule has 0 aromatic heterocycles. The molecule has 1 amide bonds. The molecule has 0 aliphatic heterocycles. The number of rotatable bonds is 4. The number of aromatic hydroxyl groups is 1. The molecule has 5 rings (SSSR count). The van der Waals surface area contributed by atoms with Gasteiger partial charge >= 0.3 is 5.97 Å². The molecule has 202 valence electrons. The Balaban J connectivity index is 1.68. The van der Waals surface area contributed by atoms with E-state index in [1.807, 2.05) is 0 Å². The molecule has 39 heavy (non-hydrogen) atoms. The number of ketones is 2. The third-order valence-corrected chi connectivity index (χ3v) is 7.93. The van der Waals surface area contributed by atoms with Crippen molar-refractivity contribution < 1.29 is 44.3 Å². The highest BCUT2D eigenvalue weighted by Gasteiger charge is 2.65. The van der Waals surface area contributed by atoms with Crippen molar-refractivity contribution in [1.82, 2.24) is 0 Å². The zero-order valence-corrected chi connectivity index (χ0v) is 20.7. The highest BCUT2D eigenvalue weighted by Crippen LogP contribution is 2.55. The molecule has 0 spiro atoms. The van der Waals surface area contributed by atoms with E-state index in [-0.39, 0.29) is 17.7 Å². The quantitative estimate of drug-likeness (QED) is 0.189. The van der Waals surface area contributed by atoms with Crippen LogP contribution in [0.3, 0.4) is 0 Å². The summed E-state index contributed by atoms with van der Waals surface area (Å²) in [6.07, 6.45) is -2.18. The van der Waals surface area contributed by atoms with Crippen LogP contribution in [0.15, 0.2) is 65.1 Å². The second kappa shape index (κ2) is 8.98. The standard InChI is InChI=1S/C28H26N2O9/c1-11-14-3-2-4-16(31)20(14)23(34)22-19(11)24(39-18(33)9-12-5-7-13(29)8-6-12)15-10-17(32)21(27(30)37)25(35)28(15,38)26(22)36/h2-8,11,15,19,24,31-32,36,38H,9-10,29H2,1H3,(H2,30,37)/t11-,15+,19+,24+,28+/m0/s1. The second-order valence-corrected chi connectivity index (χ2v) is 10.1. The number of carbonyl (C=O) groups is 4. The fourth-order valence-electron chi connectivity index (χ4n) is 6.07. The summed E-state index contributed by atoms with van der Waals surface area (Å²) in [5.74, 6) is -9.74. The van der Waals surface area contributed by atoms with Crippen molar-refractivity contribution in [3.05, 3.63) is 81.8 Å². The summed E-state index contributed by atoms with van der Waals surface area (Å²) in [4.78, 5) is 52.2. The maximum Gasteiger partial charge on any atom is 0.310 e. The van der Waals surface area contributed by atoms with Gasteiger partial charge in [0.25, 0.3) is 5.91 Å². The van der Waals surface area contributed by atoms with Crippen molar-refractivity contribution in [2.75, 3.05) is 5.73 Å². The summed E-state index contributed by atoms with van der Waals surface area (Å²) in [6, 6.07) is 10.9. The Hall–Kier alpha value is -4.64. The lowest BCUT2D eigenvalue weighted by Gasteiger charge is -2.51. The van der Waals surface area contributed by atoms with Gasteiger partial charge in [-0.1, -0.05) is 31.2 Å². The first kappa shape index (κ1) is 26.0. The molecule has 0 bridgehead atoms. The molecule has 5 atom stereocenters. The summed E-state index contributed by atoms with van der Waals surface area (Å²) < 4.78 is 5.84. The number of benzene rings is 2. The number of primary amides is 1. The Kier molecular flexibility index (Phi) is 5.99. The fraction of sp³-hybridized carbons (Fsp3) is 0.286. The van der Waals surface area contributed by atoms with Gasteiger partial charge in [0.1, 0.15) is 28.9 Å². The molecule has 11 heteroatoms. The summed E-state index contributed by atoms with van der Waals surface area (Å²) in [6.45, 7) is 1.68. The number of phenols is 1. The highest BCUT2D eigenvalue weighted by atomic mass is 16.5. The number of carbonyl (C=O) groups excluding carboxylic acids is 4. The SMILES string of the molecule is C[C@H]1c2cccc(O)c2C(=O)C2=C(O)[C@]3(O)C(=O)C(C(N)=O)=C(O)C[C@@H]3[C@@H](OC(=O)Cc3ccc(N)cc3)[C@@H]21. The van der Waals surface area contributed by atoms with E-state index in [1.54, 1.807) is 37.3 Å². The first-order valence-corrected chi connectivity index (χ1v) is 12.2. The maximum absolute atomic E-state index is 13.7. The van der Waals surface area contributed by atoms with Crippen molar-refractivity contribution in [3.8, 4) is 5.75 Å². The van der Waals surface area contributed by atoms with Gasteiger partial charge in [-0.05, 0) is 35.2 Å². The molecule has 0 radical (unpaired) electrons. The van der Waals surface area contributed by atoms with Crippen LogP contribution in [0.5, 0.6) is 5.75 Å². The van der Waals surface area contributed by atoms with Gasteiger partial charge in [-0.2, -0.15) is 0 Å². The van der Waals surface area contributed by atoms with E-state index in [9.17, 15) is 39.6 Å². The molecule has 8 N–H and O–H groups in total. The number of nitrogen functional groups attached to an aromatic ring is 1. The number of allylic oxidation sites excluding steroid dienone is 1. The van der Waals surface area contributed by atoms with Gasteiger partial charge in [-0.25, -0.2) is 0 Å². The average Bonchev–Trinajstić information content (AvgIpc) is 2.87. The molecule has 0 heterocycles. The van der Waals surface area contributed by atoms with Crippen LogP contribution in [0.4, 0.5) is 5.69 Å². The highest BCUT2D eigenvalue weighted by molar-refractivity contribution is 6.24. The van der Waals surface area contributed by atoms with Crippen LogP contribution in [-0.4, -0.2) is 55.6 Å². The number of hydrogen-bond acceptors (Lipinski definition) is 10. The molecule has 3 aliphatic carbocycles. The molecule has 2 aromatic rings. The lowest BCUT2D eigenvalue weighted by Crippen LogP contribution is -2.63. The number of esters is 1. The van der Waals surface area contributed by atoms with Crippen molar-refractivity contribution in [2.45, 2.75) is 37.4 Å². The minimum atomic E-state index is -2.91. The molecular weight excluding hydrogens is 508 g/mol. The van der Waals surface area contributed by atoms with Crippen molar-refractivity contribution in [2.24, 2.45) is 17.6 Å². The number of phenolic OH excluding ortho intramolecular Hbond substituents is 1. The van der Waals surface area contributed by atoms with Crippen LogP contribution in [0.1, 0.15) is 40.7 Å². The first-order valence-electron chi connectivity index (χ1n) is 12.2. The maximum atomic E-state index is 13.7. The molecule has 0 saturated heterocycles. The van der Waals surface area contributed by atoms with E-state index in [0.717, 1.165) is 0 Å². The Bertz CT molecular complexity index is 1510. The van der Waals surface area contributed by atoms with E-state index in [2.05, 4.69) is 0 Å². The van der Waals surface area contributed by atoms with Crippen molar-refractivity contribution in [3.63, 3.8) is 0 Å². The predicted octanol–water partition coefficient (Wildman–Crippen LogP) is 1.49. The Labute approximate surface area is 222 Å². The first-order chi connectivity index (χ1) is 18.4. The topological polar surface area (TPSA) is 210 Å². The van der Waals surface area contributed by atoms with Gasteiger partial charge in [0, 0.05) is 29.5 Å². The predicted molar refractivity (Wildman–Crippen MR) is 135 cm³/mol. The average molecular weight is 535 g/mol. The monoisotopic (exact) mass is 534 g/mol. The van der Waals surface area contributed by atoms with E-state index in [4.69, 9.17) is 16.2 Å². The van der Waals surface area contributed by atoms with Crippen LogP contribution in [0, 0.1) is 11.8 Å². The van der Waals surface area contributed by atoms with E-state index in [0.29, 0.717) is 16.8 Å². The number of hydrogen-bond donors (Lipinski definition) is 6. The van der Waals surface area contributed by atoms with Gasteiger partial charge < -0.3 is 36.6 Å². The summed E-state index contributed by atoms with van der Waals surface area (Å²) in [5, 5.41) is 44.1. The Morgan fingerprint density at radius 3 is 2.38 bits per heavy atom. The largest absolute Gasteiger partial charge is 0.511 e. The lowest BCUT2D eigenvalue weighted by molar-refractivity contribution is -0.174. The molecule has 0 fully saturated rings. The number of amides is 1. The van der Waals surface area contributed by atoms with E-state index < -0.39 is 82.0 Å². The van der Waals surface area contributed by atoms with E-state index >= 15 is 0 Å². The van der Waals surface area contributed by atoms with Gasteiger partial charge in [-0.15, -0.1) is 0 Å². The molecule has 3 aliphatic rings. The minimum absolute atomic E-state index is 0.131. The van der Waals surface area contributed by atoms with Crippen LogP contribution in [-0.2, 0) is 25.5 Å². The molecule has 2 aromatic carbocycles. The van der Waals surface area contributed by atoms with Gasteiger partial charge in [0.05, 0.1) is 12.0 Å². The third kappa shape index (κ3) is 3.76. The summed E-state index contributed by atoms with van der Waals surface area (Å²) in [7, 11) is 0. The number of nitrogens with two attached hydrogens (primary N) is 2. The number of Topliss-reactive ketones (excluding diaryl/α,β-unsaturated/α-hetero) is 2. The summed E-state index contributed by atoms with van der Waals surface area (Å²) in [5.41, 5.74) is 8.02. The van der Waals surface area contributed by atoms with Gasteiger partial charge in [-0.3, -0.25) is 19.2 Å². The van der Waals surface area contributed by atoms with Gasteiger partial charge in [0.15, 0.2) is 11.4 Å². The van der Waals surface area contributed by atoms with Gasteiger partial charge in [0.2, 0.25) is 5.78 Å². The zero-order valence-electron chi connectivity index (χ0n) is 20.7. The van der Waals surface area contributed by atoms with Crippen molar-refractivity contribution >= 4 is 29.1 Å². The van der Waals surface area contributed by atoms with Crippen LogP contribution >= 0.6 is 0 Å².